The Morgan fingerprint density at radius 1 is 1.00 bits per heavy atom. The summed E-state index contributed by atoms with van der Waals surface area (Å²) < 4.78 is 5.91. The van der Waals surface area contributed by atoms with Crippen molar-refractivity contribution in [3.8, 4) is 11.5 Å². The van der Waals surface area contributed by atoms with Crippen LogP contribution in [0.4, 0.5) is 0 Å². The largest absolute Gasteiger partial charge is 0.457 e. The van der Waals surface area contributed by atoms with Gasteiger partial charge in [-0.3, -0.25) is 0 Å². The van der Waals surface area contributed by atoms with E-state index in [0.29, 0.717) is 6.04 Å². The fourth-order valence-electron chi connectivity index (χ4n) is 4.44. The van der Waals surface area contributed by atoms with Crippen molar-refractivity contribution in [3.63, 3.8) is 0 Å². The predicted molar refractivity (Wildman–Crippen MR) is 103 cm³/mol. The minimum absolute atomic E-state index is 0.466. The van der Waals surface area contributed by atoms with Crippen molar-refractivity contribution >= 4 is 0 Å². The molecule has 0 bridgehead atoms. The zero-order chi connectivity index (χ0) is 17.1. The number of benzene rings is 2. The second-order valence-electron chi connectivity index (χ2n) is 7.73. The van der Waals surface area contributed by atoms with Crippen molar-refractivity contribution in [3.05, 3.63) is 60.2 Å². The summed E-state index contributed by atoms with van der Waals surface area (Å²) in [7, 11) is 0. The first-order valence-electron chi connectivity index (χ1n) is 9.89. The summed E-state index contributed by atoms with van der Waals surface area (Å²) in [5.74, 6) is 4.83. The van der Waals surface area contributed by atoms with Crippen LogP contribution in [0.15, 0.2) is 54.6 Å². The van der Waals surface area contributed by atoms with E-state index in [2.05, 4.69) is 36.5 Å². The highest BCUT2D eigenvalue weighted by molar-refractivity contribution is 5.34. The molecule has 2 nitrogen and oxygen atoms in total. The molecule has 0 amide bonds. The smallest absolute Gasteiger partial charge is 0.127 e. The van der Waals surface area contributed by atoms with Crippen LogP contribution in [0.1, 0.15) is 50.6 Å². The molecule has 2 fully saturated rings. The molecule has 25 heavy (non-hydrogen) atoms. The van der Waals surface area contributed by atoms with E-state index in [-0.39, 0.29) is 0 Å². The third-order valence-electron chi connectivity index (χ3n) is 5.96. The SMILES string of the molecule is CCCC(NCC1CCC2CC12)c1ccc(Oc2ccccc2)cc1. The van der Waals surface area contributed by atoms with E-state index < -0.39 is 0 Å². The van der Waals surface area contributed by atoms with Gasteiger partial charge in [0.1, 0.15) is 11.5 Å². The number of hydrogen-bond acceptors (Lipinski definition) is 2. The molecule has 0 radical (unpaired) electrons. The van der Waals surface area contributed by atoms with Crippen molar-refractivity contribution in [1.29, 1.82) is 0 Å². The van der Waals surface area contributed by atoms with Gasteiger partial charge in [0.2, 0.25) is 0 Å². The molecule has 0 heterocycles. The molecule has 0 spiro atoms. The van der Waals surface area contributed by atoms with Crippen molar-refractivity contribution in [1.82, 2.24) is 5.32 Å². The van der Waals surface area contributed by atoms with Gasteiger partial charge in [-0.1, -0.05) is 43.7 Å². The monoisotopic (exact) mass is 335 g/mol. The van der Waals surface area contributed by atoms with Gasteiger partial charge in [-0.05, 0) is 79.8 Å². The molecule has 2 aromatic carbocycles. The first kappa shape index (κ1) is 16.7. The summed E-state index contributed by atoms with van der Waals surface area (Å²) in [6, 6.07) is 19.1. The van der Waals surface area contributed by atoms with Gasteiger partial charge in [0.05, 0.1) is 0 Å². The second kappa shape index (κ2) is 7.61. The Balaban J connectivity index is 1.37. The maximum Gasteiger partial charge on any atom is 0.127 e. The second-order valence-corrected chi connectivity index (χ2v) is 7.73. The predicted octanol–water partition coefficient (Wildman–Crippen LogP) is 5.96. The van der Waals surface area contributed by atoms with Crippen LogP contribution in [-0.4, -0.2) is 6.54 Å². The van der Waals surface area contributed by atoms with Gasteiger partial charge in [-0.15, -0.1) is 0 Å². The molecule has 132 valence electrons. The summed E-state index contributed by atoms with van der Waals surface area (Å²) in [6.45, 7) is 3.46. The first-order chi connectivity index (χ1) is 12.3. The molecule has 4 rings (SSSR count). The molecule has 1 N–H and O–H groups in total. The van der Waals surface area contributed by atoms with E-state index in [4.69, 9.17) is 4.74 Å². The lowest BCUT2D eigenvalue weighted by Gasteiger charge is -2.22. The van der Waals surface area contributed by atoms with E-state index >= 15 is 0 Å². The van der Waals surface area contributed by atoms with Crippen molar-refractivity contribution < 1.29 is 4.74 Å². The first-order valence-corrected chi connectivity index (χ1v) is 9.89. The maximum absolute atomic E-state index is 5.91. The average Bonchev–Trinajstić information content (AvgIpc) is 3.33. The molecular weight excluding hydrogens is 306 g/mol. The minimum atomic E-state index is 0.466. The Hall–Kier alpha value is -1.80. The van der Waals surface area contributed by atoms with Crippen LogP contribution in [0.2, 0.25) is 0 Å². The van der Waals surface area contributed by atoms with E-state index in [1.165, 1.54) is 44.2 Å². The fraction of sp³-hybridized carbons (Fsp3) is 0.478. The molecule has 4 unspecified atom stereocenters. The lowest BCUT2D eigenvalue weighted by atomic mass is 9.99. The van der Waals surface area contributed by atoms with E-state index in [9.17, 15) is 0 Å². The van der Waals surface area contributed by atoms with Crippen LogP contribution >= 0.6 is 0 Å². The molecule has 2 aromatic rings. The number of fused-ring (bicyclic) bond motifs is 1. The molecule has 2 aliphatic rings. The Morgan fingerprint density at radius 2 is 1.76 bits per heavy atom. The van der Waals surface area contributed by atoms with Gasteiger partial charge in [-0.25, -0.2) is 0 Å². The Morgan fingerprint density at radius 3 is 2.40 bits per heavy atom. The highest BCUT2D eigenvalue weighted by Gasteiger charge is 2.47. The third kappa shape index (κ3) is 4.07. The molecule has 2 saturated carbocycles. The minimum Gasteiger partial charge on any atom is -0.457 e. The van der Waals surface area contributed by atoms with E-state index in [1.54, 1.807) is 0 Å². The number of para-hydroxylation sites is 1. The van der Waals surface area contributed by atoms with Gasteiger partial charge >= 0.3 is 0 Å². The summed E-state index contributed by atoms with van der Waals surface area (Å²) >= 11 is 0. The van der Waals surface area contributed by atoms with Gasteiger partial charge in [0.15, 0.2) is 0 Å². The molecule has 0 aromatic heterocycles. The van der Waals surface area contributed by atoms with Gasteiger partial charge in [-0.2, -0.15) is 0 Å². The zero-order valence-electron chi connectivity index (χ0n) is 15.2. The number of rotatable bonds is 8. The third-order valence-corrected chi connectivity index (χ3v) is 5.96. The maximum atomic E-state index is 5.91. The topological polar surface area (TPSA) is 21.3 Å². The zero-order valence-corrected chi connectivity index (χ0v) is 15.2. The summed E-state index contributed by atoms with van der Waals surface area (Å²) in [5, 5.41) is 3.86. The average molecular weight is 335 g/mol. The molecule has 0 saturated heterocycles. The van der Waals surface area contributed by atoms with Crippen LogP contribution in [0.5, 0.6) is 11.5 Å². The quantitative estimate of drug-likeness (QED) is 0.643. The highest BCUT2D eigenvalue weighted by atomic mass is 16.5. The Bertz CT molecular complexity index is 666. The molecule has 0 aliphatic heterocycles. The molecular formula is C23H29NO. The number of hydrogen-bond donors (Lipinski definition) is 1. The van der Waals surface area contributed by atoms with Crippen LogP contribution in [0, 0.1) is 17.8 Å². The molecule has 2 heteroatoms. The standard InChI is InChI=1S/C23H29NO/c1-2-6-23(24-16-19-10-9-18-15-22(18)19)17-11-13-21(14-12-17)25-20-7-4-3-5-8-20/h3-5,7-8,11-14,18-19,22-24H,2,6,9-10,15-16H2,1H3. The van der Waals surface area contributed by atoms with Crippen LogP contribution < -0.4 is 10.1 Å². The molecule has 4 atom stereocenters. The molecule has 2 aliphatic carbocycles. The Kier molecular flexibility index (Phi) is 5.07. The van der Waals surface area contributed by atoms with Crippen molar-refractivity contribution in [2.24, 2.45) is 17.8 Å². The summed E-state index contributed by atoms with van der Waals surface area (Å²) in [4.78, 5) is 0. The normalized spacial score (nSPS) is 25.4. The van der Waals surface area contributed by atoms with E-state index in [0.717, 1.165) is 29.3 Å². The van der Waals surface area contributed by atoms with Crippen LogP contribution in [0.3, 0.4) is 0 Å². The number of nitrogens with one attached hydrogen (secondary N) is 1. The van der Waals surface area contributed by atoms with Crippen molar-refractivity contribution in [2.75, 3.05) is 6.54 Å². The Labute approximate surface area is 151 Å². The fourth-order valence-corrected chi connectivity index (χ4v) is 4.44. The van der Waals surface area contributed by atoms with Crippen molar-refractivity contribution in [2.45, 2.75) is 45.1 Å². The lowest BCUT2D eigenvalue weighted by Crippen LogP contribution is -2.27. The highest BCUT2D eigenvalue weighted by Crippen LogP contribution is 2.55. The van der Waals surface area contributed by atoms with E-state index in [1.807, 2.05) is 30.3 Å². The van der Waals surface area contributed by atoms with Crippen LogP contribution in [-0.2, 0) is 0 Å². The summed E-state index contributed by atoms with van der Waals surface area (Å²) in [6.07, 6.45) is 6.80. The van der Waals surface area contributed by atoms with Crippen LogP contribution in [0.25, 0.3) is 0 Å². The number of ether oxygens (including phenoxy) is 1. The van der Waals surface area contributed by atoms with Gasteiger partial charge < -0.3 is 10.1 Å². The van der Waals surface area contributed by atoms with Gasteiger partial charge in [0, 0.05) is 6.04 Å². The van der Waals surface area contributed by atoms with Gasteiger partial charge in [0.25, 0.3) is 0 Å². The summed E-state index contributed by atoms with van der Waals surface area (Å²) in [5.41, 5.74) is 1.38. The lowest BCUT2D eigenvalue weighted by molar-refractivity contribution is 0.391.